The molecule has 0 aromatic heterocycles. The maximum atomic E-state index is 4.70. The minimum Gasteiger partial charge on any atom is -0.502 e. The Hall–Kier alpha value is -0.500. The van der Waals surface area contributed by atoms with Crippen molar-refractivity contribution in [3.63, 3.8) is 0 Å². The molecule has 0 unspecified atom stereocenters. The fraction of sp³-hybridized carbons (Fsp3) is 0.750. The maximum absolute atomic E-state index is 4.70. The van der Waals surface area contributed by atoms with Gasteiger partial charge in [-0.3, -0.25) is 0 Å². The molecule has 0 N–H and O–H groups in total. The predicted molar refractivity (Wildman–Crippen MR) is 44.0 cm³/mol. The Morgan fingerprint density at radius 2 is 1.70 bits per heavy atom. The third-order valence-corrected chi connectivity index (χ3v) is 0.972. The molecule has 0 fully saturated rings. The average Bonchev–Trinajstić information content (AvgIpc) is 2.03. The van der Waals surface area contributed by atoms with E-state index in [-0.39, 0.29) is 0 Å². The first-order valence-corrected chi connectivity index (χ1v) is 3.43. The van der Waals surface area contributed by atoms with Crippen molar-refractivity contribution in [2.45, 2.75) is 20.3 Å². The highest BCUT2D eigenvalue weighted by Crippen LogP contribution is 1.92. The molecular formula is C8H18O2. The third-order valence-electron chi connectivity index (χ3n) is 0.972. The lowest BCUT2D eigenvalue weighted by molar-refractivity contribution is 0.215. The lowest BCUT2D eigenvalue weighted by atomic mass is 10.4. The fourth-order valence-corrected chi connectivity index (χ4v) is 0.144. The topological polar surface area (TPSA) is 18.5 Å². The molecule has 0 heterocycles. The highest BCUT2D eigenvalue weighted by Gasteiger charge is 1.77. The van der Waals surface area contributed by atoms with Crippen LogP contribution in [0.3, 0.4) is 0 Å². The Kier molecular flexibility index (Phi) is 13.8. The molecule has 0 aliphatic rings. The summed E-state index contributed by atoms with van der Waals surface area (Å²) < 4.78 is 9.25. The molecular weight excluding hydrogens is 128 g/mol. The molecule has 0 aromatic rings. The van der Waals surface area contributed by atoms with Gasteiger partial charge in [0, 0.05) is 20.1 Å². The van der Waals surface area contributed by atoms with E-state index < -0.39 is 0 Å². The van der Waals surface area contributed by atoms with Crippen molar-refractivity contribution in [1.82, 2.24) is 0 Å². The molecule has 0 aliphatic carbocycles. The second kappa shape index (κ2) is 11.3. The summed E-state index contributed by atoms with van der Waals surface area (Å²) in [5, 5.41) is 0. The molecule has 0 atom stereocenters. The molecule has 0 saturated heterocycles. The van der Waals surface area contributed by atoms with Crippen molar-refractivity contribution < 1.29 is 9.47 Å². The lowest BCUT2D eigenvalue weighted by Crippen LogP contribution is -1.77. The number of rotatable bonds is 3. The zero-order chi connectivity index (χ0) is 8.41. The lowest BCUT2D eigenvalue weighted by Gasteiger charge is -1.94. The van der Waals surface area contributed by atoms with Gasteiger partial charge in [-0.25, -0.2) is 0 Å². The molecule has 0 rings (SSSR count). The minimum atomic E-state index is 0.819. The largest absolute Gasteiger partial charge is 0.502 e. The van der Waals surface area contributed by atoms with Gasteiger partial charge in [-0.05, 0) is 6.92 Å². The maximum Gasteiger partial charge on any atom is 0.0881 e. The molecule has 2 heteroatoms. The quantitative estimate of drug-likeness (QED) is 0.568. The average molecular weight is 146 g/mol. The smallest absolute Gasteiger partial charge is 0.0881 e. The van der Waals surface area contributed by atoms with Gasteiger partial charge in [0.1, 0.15) is 0 Å². The number of hydrogen-bond acceptors (Lipinski definition) is 2. The molecule has 10 heavy (non-hydrogen) atoms. The van der Waals surface area contributed by atoms with Gasteiger partial charge < -0.3 is 9.47 Å². The predicted octanol–water partition coefficient (Wildman–Crippen LogP) is 2.21. The van der Waals surface area contributed by atoms with Gasteiger partial charge in [-0.1, -0.05) is 13.5 Å². The van der Waals surface area contributed by atoms with E-state index in [0.29, 0.717) is 0 Å². The summed E-state index contributed by atoms with van der Waals surface area (Å²) in [4.78, 5) is 0. The van der Waals surface area contributed by atoms with Crippen LogP contribution in [-0.4, -0.2) is 20.8 Å². The van der Waals surface area contributed by atoms with E-state index in [0.717, 1.165) is 18.8 Å². The summed E-state index contributed by atoms with van der Waals surface area (Å²) in [6.45, 7) is 8.35. The Labute approximate surface area is 63.8 Å². The monoisotopic (exact) mass is 146 g/mol. The van der Waals surface area contributed by atoms with Gasteiger partial charge in [-0.15, -0.1) is 0 Å². The number of methoxy groups -OCH3 is 2. The highest BCUT2D eigenvalue weighted by molar-refractivity contribution is 4.77. The van der Waals surface area contributed by atoms with Gasteiger partial charge in [0.2, 0.25) is 0 Å². The van der Waals surface area contributed by atoms with Gasteiger partial charge in [-0.2, -0.15) is 0 Å². The molecule has 0 amide bonds. The van der Waals surface area contributed by atoms with Gasteiger partial charge in [0.15, 0.2) is 0 Å². The molecule has 0 spiro atoms. The van der Waals surface area contributed by atoms with Crippen LogP contribution in [0.2, 0.25) is 0 Å². The van der Waals surface area contributed by atoms with Crippen molar-refractivity contribution in [2.75, 3.05) is 20.8 Å². The second-order valence-corrected chi connectivity index (χ2v) is 1.67. The van der Waals surface area contributed by atoms with Gasteiger partial charge in [0.05, 0.1) is 12.9 Å². The first kappa shape index (κ1) is 12.2. The Balaban J connectivity index is 0. The Morgan fingerprint density at radius 1 is 1.30 bits per heavy atom. The number of allylic oxidation sites excluding steroid dienone is 1. The fourth-order valence-electron chi connectivity index (χ4n) is 0.144. The van der Waals surface area contributed by atoms with Crippen LogP contribution in [-0.2, 0) is 9.47 Å². The van der Waals surface area contributed by atoms with E-state index in [2.05, 4.69) is 11.3 Å². The Bertz CT molecular complexity index is 61.7. The molecule has 0 saturated carbocycles. The van der Waals surface area contributed by atoms with E-state index in [9.17, 15) is 0 Å². The van der Waals surface area contributed by atoms with Crippen molar-refractivity contribution in [3.05, 3.63) is 12.3 Å². The molecule has 0 aromatic carbocycles. The molecule has 2 nitrogen and oxygen atoms in total. The SMILES string of the molecule is C=C(CC)OC.CCOC. The summed E-state index contributed by atoms with van der Waals surface area (Å²) in [5.41, 5.74) is 0. The standard InChI is InChI=1S/C5H10O.C3H8O/c1-4-5(2)6-3;1-3-4-2/h2,4H2,1,3H3;3H2,1-2H3. The minimum absolute atomic E-state index is 0.819. The van der Waals surface area contributed by atoms with Crippen molar-refractivity contribution >= 4 is 0 Å². The normalized spacial score (nSPS) is 7.60. The van der Waals surface area contributed by atoms with E-state index >= 15 is 0 Å². The third kappa shape index (κ3) is 15.6. The molecule has 62 valence electrons. The van der Waals surface area contributed by atoms with E-state index in [1.165, 1.54) is 0 Å². The van der Waals surface area contributed by atoms with Gasteiger partial charge >= 0.3 is 0 Å². The summed E-state index contributed by atoms with van der Waals surface area (Å²) in [6.07, 6.45) is 0.913. The molecule has 0 bridgehead atoms. The summed E-state index contributed by atoms with van der Waals surface area (Å²) >= 11 is 0. The van der Waals surface area contributed by atoms with Crippen LogP contribution < -0.4 is 0 Å². The van der Waals surface area contributed by atoms with Crippen LogP contribution in [0.25, 0.3) is 0 Å². The first-order valence-electron chi connectivity index (χ1n) is 3.43. The second-order valence-electron chi connectivity index (χ2n) is 1.67. The van der Waals surface area contributed by atoms with E-state index in [1.807, 2.05) is 13.8 Å². The van der Waals surface area contributed by atoms with Crippen LogP contribution in [0.4, 0.5) is 0 Å². The zero-order valence-corrected chi connectivity index (χ0v) is 7.44. The highest BCUT2D eigenvalue weighted by atomic mass is 16.5. The van der Waals surface area contributed by atoms with Crippen LogP contribution in [0.5, 0.6) is 0 Å². The van der Waals surface area contributed by atoms with Gasteiger partial charge in [0.25, 0.3) is 0 Å². The summed E-state index contributed by atoms with van der Waals surface area (Å²) in [6, 6.07) is 0. The van der Waals surface area contributed by atoms with Crippen LogP contribution in [0.15, 0.2) is 12.3 Å². The number of ether oxygens (including phenoxy) is 2. The van der Waals surface area contributed by atoms with Crippen LogP contribution >= 0.6 is 0 Å². The number of hydrogen-bond donors (Lipinski definition) is 0. The summed E-state index contributed by atoms with van der Waals surface area (Å²) in [5.74, 6) is 0.843. The Morgan fingerprint density at radius 3 is 1.70 bits per heavy atom. The van der Waals surface area contributed by atoms with E-state index in [1.54, 1.807) is 14.2 Å². The molecule has 0 radical (unpaired) electrons. The van der Waals surface area contributed by atoms with Crippen molar-refractivity contribution in [3.8, 4) is 0 Å². The van der Waals surface area contributed by atoms with Crippen molar-refractivity contribution in [2.24, 2.45) is 0 Å². The van der Waals surface area contributed by atoms with Crippen molar-refractivity contribution in [1.29, 1.82) is 0 Å². The first-order chi connectivity index (χ1) is 4.72. The zero-order valence-electron chi connectivity index (χ0n) is 7.44. The van der Waals surface area contributed by atoms with Crippen LogP contribution in [0.1, 0.15) is 20.3 Å². The molecule has 0 aliphatic heterocycles. The van der Waals surface area contributed by atoms with E-state index in [4.69, 9.17) is 4.74 Å². The summed E-state index contributed by atoms with van der Waals surface area (Å²) in [7, 11) is 3.31. The van der Waals surface area contributed by atoms with Crippen LogP contribution in [0, 0.1) is 0 Å².